The van der Waals surface area contributed by atoms with Crippen molar-refractivity contribution < 1.29 is 0 Å². The lowest BCUT2D eigenvalue weighted by Crippen LogP contribution is -2.10. The molecule has 7 heteroatoms. The van der Waals surface area contributed by atoms with E-state index in [0.29, 0.717) is 0 Å². The zero-order valence-electron chi connectivity index (χ0n) is 10.7. The van der Waals surface area contributed by atoms with Gasteiger partial charge in [0.15, 0.2) is 10.3 Å². The molecule has 0 aliphatic carbocycles. The zero-order valence-corrected chi connectivity index (χ0v) is 15.3. The minimum absolute atomic E-state index is 0.0272. The van der Waals surface area contributed by atoms with Gasteiger partial charge < -0.3 is 10.6 Å². The summed E-state index contributed by atoms with van der Waals surface area (Å²) < 4.78 is 0. The van der Waals surface area contributed by atoms with Gasteiger partial charge in [0, 0.05) is 37.6 Å². The van der Waals surface area contributed by atoms with Gasteiger partial charge in [0.1, 0.15) is 0 Å². The number of hydrogen-bond donors (Lipinski definition) is 2. The van der Waals surface area contributed by atoms with E-state index in [2.05, 4.69) is 36.8 Å². The molecule has 1 heterocycles. The van der Waals surface area contributed by atoms with Crippen LogP contribution in [0.15, 0.2) is 59.6 Å². The fourth-order valence-corrected chi connectivity index (χ4v) is 6.01. The van der Waals surface area contributed by atoms with Crippen molar-refractivity contribution in [2.24, 2.45) is 4.99 Å². The molecule has 1 atom stereocenters. The van der Waals surface area contributed by atoms with Crippen molar-refractivity contribution in [3.8, 4) is 0 Å². The maximum absolute atomic E-state index is 5.89. The van der Waals surface area contributed by atoms with E-state index in [9.17, 15) is 0 Å². The summed E-state index contributed by atoms with van der Waals surface area (Å²) in [6.45, 7) is -0.0272. The second-order valence-electron chi connectivity index (χ2n) is 4.15. The summed E-state index contributed by atoms with van der Waals surface area (Å²) in [6, 6.07) is 17.7. The Balaban J connectivity index is 1.70. The lowest BCUT2D eigenvalue weighted by atomic mass is 10.3. The number of rotatable bonds is 2. The van der Waals surface area contributed by atoms with Crippen molar-refractivity contribution in [2.75, 3.05) is 10.6 Å². The molecule has 2 N–H and O–H groups in total. The van der Waals surface area contributed by atoms with Crippen LogP contribution >= 0.6 is 50.3 Å². The van der Waals surface area contributed by atoms with Crippen LogP contribution in [0, 0.1) is 0 Å². The van der Waals surface area contributed by atoms with Gasteiger partial charge in [-0.25, -0.2) is 0 Å². The summed E-state index contributed by atoms with van der Waals surface area (Å²) in [5.74, 6) is 0. The molecule has 2 aromatic carbocycles. The largest absolute Gasteiger partial charge is 0.334 e. The molecular formula is C14H11ClIN3S2. The Hall–Kier alpha value is -0.700. The second-order valence-corrected chi connectivity index (χ2v) is 11.9. The maximum Gasteiger partial charge on any atom is 0.179 e. The Morgan fingerprint density at radius 1 is 0.952 bits per heavy atom. The highest BCUT2D eigenvalue weighted by Crippen LogP contribution is 2.45. The molecule has 0 aromatic heterocycles. The fourth-order valence-electron chi connectivity index (χ4n) is 1.67. The SMILES string of the molecule is Clc1ccc(NC2=S(I)SC(Nc3ccccc3)=N2)cc1. The summed E-state index contributed by atoms with van der Waals surface area (Å²) in [4.78, 5) is 4.63. The normalized spacial score (nSPS) is 17.5. The van der Waals surface area contributed by atoms with E-state index in [-0.39, 0.29) is 6.69 Å². The van der Waals surface area contributed by atoms with Gasteiger partial charge in [0.05, 0.1) is 0 Å². The second kappa shape index (κ2) is 7.04. The quantitative estimate of drug-likeness (QED) is 0.358. The highest BCUT2D eigenvalue weighted by atomic mass is 127. The van der Waals surface area contributed by atoms with Crippen molar-refractivity contribution in [3.63, 3.8) is 0 Å². The Labute approximate surface area is 146 Å². The molecule has 0 amide bonds. The minimum Gasteiger partial charge on any atom is -0.334 e. The van der Waals surface area contributed by atoms with Crippen LogP contribution in [0.2, 0.25) is 5.02 Å². The van der Waals surface area contributed by atoms with E-state index in [4.69, 9.17) is 11.6 Å². The van der Waals surface area contributed by atoms with Gasteiger partial charge in [-0.1, -0.05) is 29.8 Å². The van der Waals surface area contributed by atoms with E-state index in [1.165, 1.54) is 0 Å². The predicted molar refractivity (Wildman–Crippen MR) is 107 cm³/mol. The molecule has 2 aromatic rings. The Morgan fingerprint density at radius 3 is 2.33 bits per heavy atom. The molecule has 21 heavy (non-hydrogen) atoms. The zero-order chi connectivity index (χ0) is 14.7. The van der Waals surface area contributed by atoms with Crippen molar-refractivity contribution >= 4 is 71.9 Å². The van der Waals surface area contributed by atoms with Gasteiger partial charge in [-0.2, -0.15) is 4.99 Å². The number of benzene rings is 2. The number of aliphatic imine (C=N–C) groups is 1. The van der Waals surface area contributed by atoms with E-state index in [0.717, 1.165) is 26.7 Å². The minimum atomic E-state index is -0.0272. The highest BCUT2D eigenvalue weighted by molar-refractivity contribution is 14.2. The highest BCUT2D eigenvalue weighted by Gasteiger charge is 2.16. The van der Waals surface area contributed by atoms with Gasteiger partial charge >= 0.3 is 0 Å². The first-order chi connectivity index (χ1) is 10.2. The molecular weight excluding hydrogens is 437 g/mol. The third-order valence-corrected chi connectivity index (χ3v) is 8.13. The van der Waals surface area contributed by atoms with Gasteiger partial charge in [-0.05, 0) is 53.9 Å². The van der Waals surface area contributed by atoms with Crippen molar-refractivity contribution in [1.29, 1.82) is 0 Å². The first-order valence-corrected chi connectivity index (χ1v) is 11.6. The predicted octanol–water partition coefficient (Wildman–Crippen LogP) is 5.59. The number of para-hydroxylation sites is 1. The monoisotopic (exact) mass is 447 g/mol. The van der Waals surface area contributed by atoms with Gasteiger partial charge in [0.25, 0.3) is 0 Å². The first kappa shape index (κ1) is 15.2. The van der Waals surface area contributed by atoms with Crippen LogP contribution in [0.4, 0.5) is 11.4 Å². The number of halogens is 2. The van der Waals surface area contributed by atoms with Crippen LogP contribution in [0.3, 0.4) is 0 Å². The van der Waals surface area contributed by atoms with Crippen LogP contribution < -0.4 is 10.6 Å². The number of hydrogen-bond acceptors (Lipinski definition) is 4. The third kappa shape index (κ3) is 4.15. The molecule has 0 saturated heterocycles. The lowest BCUT2D eigenvalue weighted by molar-refractivity contribution is 1.58. The number of nitrogens with zero attached hydrogens (tertiary/aromatic N) is 1. The fraction of sp³-hybridized carbons (Fsp3) is 0. The van der Waals surface area contributed by atoms with Gasteiger partial charge in [-0.15, -0.1) is 0 Å². The third-order valence-electron chi connectivity index (χ3n) is 2.63. The molecule has 0 saturated carbocycles. The summed E-state index contributed by atoms with van der Waals surface area (Å²) in [5, 5.41) is 9.28. The molecule has 0 spiro atoms. The summed E-state index contributed by atoms with van der Waals surface area (Å²) in [7, 11) is 1.72. The summed E-state index contributed by atoms with van der Waals surface area (Å²) in [5.41, 5.74) is 2.04. The molecule has 1 unspecified atom stereocenters. The topological polar surface area (TPSA) is 36.4 Å². The Bertz CT molecular complexity index is 702. The van der Waals surface area contributed by atoms with Crippen LogP contribution in [-0.4, -0.2) is 10.3 Å². The lowest BCUT2D eigenvalue weighted by Gasteiger charge is -2.05. The molecule has 108 valence electrons. The Morgan fingerprint density at radius 2 is 1.62 bits per heavy atom. The van der Waals surface area contributed by atoms with Crippen LogP contribution in [-0.2, 0) is 0 Å². The van der Waals surface area contributed by atoms with E-state index in [1.807, 2.05) is 54.6 Å². The van der Waals surface area contributed by atoms with E-state index < -0.39 is 0 Å². The van der Waals surface area contributed by atoms with Crippen molar-refractivity contribution in [2.45, 2.75) is 0 Å². The number of amidine groups is 1. The smallest absolute Gasteiger partial charge is 0.179 e. The van der Waals surface area contributed by atoms with E-state index in [1.54, 1.807) is 10.8 Å². The molecule has 3 rings (SSSR count). The summed E-state index contributed by atoms with van der Waals surface area (Å²) >= 11 is 8.29. The maximum atomic E-state index is 5.89. The summed E-state index contributed by atoms with van der Waals surface area (Å²) in [6.07, 6.45) is 0. The number of anilines is 2. The van der Waals surface area contributed by atoms with Crippen LogP contribution in [0.1, 0.15) is 0 Å². The molecule has 0 bridgehead atoms. The molecule has 1 aliphatic rings. The Kier molecular flexibility index (Phi) is 5.10. The molecule has 0 fully saturated rings. The molecule has 3 nitrogen and oxygen atoms in total. The number of nitrogens with one attached hydrogen (secondary N) is 2. The van der Waals surface area contributed by atoms with Gasteiger partial charge in [0.2, 0.25) is 0 Å². The van der Waals surface area contributed by atoms with Gasteiger partial charge in [-0.3, -0.25) is 0 Å². The molecule has 0 radical (unpaired) electrons. The average Bonchev–Trinajstić information content (AvgIpc) is 2.82. The van der Waals surface area contributed by atoms with Crippen LogP contribution in [0.25, 0.3) is 0 Å². The van der Waals surface area contributed by atoms with E-state index >= 15 is 0 Å². The molecule has 1 aliphatic heterocycles. The van der Waals surface area contributed by atoms with Crippen molar-refractivity contribution in [1.82, 2.24) is 0 Å². The standard InChI is InChI=1S/C14H11ClIN3S2/c15-10-6-8-12(9-7-10)18-14-19-13(20-21(14)16)17-11-4-2-1-3-5-11/h1-9,18H,(H,17,19). The first-order valence-electron chi connectivity index (χ1n) is 6.10. The van der Waals surface area contributed by atoms with Crippen molar-refractivity contribution in [3.05, 3.63) is 59.6 Å². The van der Waals surface area contributed by atoms with Crippen LogP contribution in [0.5, 0.6) is 0 Å². The average molecular weight is 448 g/mol.